The largest absolute Gasteiger partial charge is 0.346 e. The van der Waals surface area contributed by atoms with E-state index in [-0.39, 0.29) is 11.6 Å². The monoisotopic (exact) mass is 484 g/mol. The Morgan fingerprint density at radius 1 is 1.26 bits per heavy atom. The minimum absolute atomic E-state index is 0.249. The number of aromatic amines is 1. The molecule has 0 amide bonds. The molecule has 0 bridgehead atoms. The second-order valence-electron chi connectivity index (χ2n) is 8.80. The average molecular weight is 485 g/mol. The van der Waals surface area contributed by atoms with E-state index in [4.69, 9.17) is 16.7 Å². The van der Waals surface area contributed by atoms with Crippen LogP contribution in [0.4, 0.5) is 5.82 Å². The molecule has 1 aliphatic rings. The van der Waals surface area contributed by atoms with E-state index in [0.29, 0.717) is 50.4 Å². The Bertz CT molecular complexity index is 1660. The highest BCUT2D eigenvalue weighted by Gasteiger charge is 2.32. The van der Waals surface area contributed by atoms with Gasteiger partial charge in [-0.15, -0.1) is 0 Å². The number of rotatable bonds is 6. The number of hydrogen-bond acceptors (Lipinski definition) is 6. The summed E-state index contributed by atoms with van der Waals surface area (Å²) in [4.78, 5) is 27.8. The molecule has 0 aliphatic heterocycles. The fourth-order valence-electron chi connectivity index (χ4n) is 4.54. The summed E-state index contributed by atoms with van der Waals surface area (Å²) in [6.45, 7) is 2.73. The molecular formula is C25H21ClN8O. The first-order valence-corrected chi connectivity index (χ1v) is 11.8. The van der Waals surface area contributed by atoms with Gasteiger partial charge in [-0.1, -0.05) is 29.8 Å². The zero-order chi connectivity index (χ0) is 24.1. The first-order chi connectivity index (χ1) is 17.1. The smallest absolute Gasteiger partial charge is 0.284 e. The van der Waals surface area contributed by atoms with E-state index in [1.807, 2.05) is 37.3 Å². The molecule has 4 heterocycles. The van der Waals surface area contributed by atoms with Crippen LogP contribution in [0.15, 0.2) is 59.9 Å². The Balaban J connectivity index is 1.59. The third kappa shape index (κ3) is 3.54. The quantitative estimate of drug-likeness (QED) is 0.386. The summed E-state index contributed by atoms with van der Waals surface area (Å²) in [5.74, 6) is 1.70. The third-order valence-electron chi connectivity index (χ3n) is 6.51. The van der Waals surface area contributed by atoms with Gasteiger partial charge in [0.05, 0.1) is 27.7 Å². The number of benzene rings is 1. The van der Waals surface area contributed by atoms with Gasteiger partial charge in [0.2, 0.25) is 0 Å². The molecule has 1 aromatic carbocycles. The second-order valence-corrected chi connectivity index (χ2v) is 9.21. The molecule has 10 heteroatoms. The standard InChI is InChI=1S/C25H21ClN8O/c1-15(32(13-16-7-8-16)24-20-17(11-27)12-28-22(20)29-14-30-24)23-31-33-10-9-19(26)21(33)25(35)34(23)18-5-3-2-4-6-18/h2-6,9-10,12,14-16H,7-8,13H2,1H3,(H,28,29,30). The van der Waals surface area contributed by atoms with Crippen molar-refractivity contribution >= 4 is 34.0 Å². The van der Waals surface area contributed by atoms with E-state index < -0.39 is 0 Å². The summed E-state index contributed by atoms with van der Waals surface area (Å²) in [6, 6.07) is 13.0. The summed E-state index contributed by atoms with van der Waals surface area (Å²) in [5.41, 5.74) is 1.85. The van der Waals surface area contributed by atoms with Crippen LogP contribution < -0.4 is 10.5 Å². The maximum Gasteiger partial charge on any atom is 0.284 e. The summed E-state index contributed by atoms with van der Waals surface area (Å²) < 4.78 is 3.16. The van der Waals surface area contributed by atoms with Crippen LogP contribution >= 0.6 is 11.6 Å². The topological polar surface area (TPSA) is 108 Å². The highest BCUT2D eigenvalue weighted by atomic mass is 35.5. The van der Waals surface area contributed by atoms with Crippen molar-refractivity contribution in [2.24, 2.45) is 5.92 Å². The lowest BCUT2D eigenvalue weighted by Crippen LogP contribution is -2.36. The van der Waals surface area contributed by atoms with Crippen molar-refractivity contribution in [3.05, 3.63) is 81.9 Å². The van der Waals surface area contributed by atoms with Crippen molar-refractivity contribution in [2.45, 2.75) is 25.8 Å². The average Bonchev–Trinajstić information content (AvgIpc) is 3.48. The van der Waals surface area contributed by atoms with Gasteiger partial charge in [-0.05, 0) is 43.9 Å². The Hall–Kier alpha value is -4.16. The molecule has 1 saturated carbocycles. The molecule has 1 aliphatic carbocycles. The van der Waals surface area contributed by atoms with E-state index >= 15 is 0 Å². The number of hydrogen-bond donors (Lipinski definition) is 1. The second kappa shape index (κ2) is 8.25. The molecule has 1 unspecified atom stereocenters. The van der Waals surface area contributed by atoms with Crippen molar-refractivity contribution < 1.29 is 0 Å². The molecule has 174 valence electrons. The van der Waals surface area contributed by atoms with Crippen LogP contribution in [0.25, 0.3) is 22.2 Å². The number of aromatic nitrogens is 6. The lowest BCUT2D eigenvalue weighted by atomic mass is 10.1. The summed E-state index contributed by atoms with van der Waals surface area (Å²) in [6.07, 6.45) is 7.09. The highest BCUT2D eigenvalue weighted by molar-refractivity contribution is 6.33. The van der Waals surface area contributed by atoms with Crippen LogP contribution in [-0.2, 0) is 0 Å². The fraction of sp³-hybridized carbons (Fsp3) is 0.240. The number of H-pyrrole nitrogens is 1. The molecule has 1 atom stereocenters. The molecule has 9 nitrogen and oxygen atoms in total. The van der Waals surface area contributed by atoms with Crippen LogP contribution in [0.2, 0.25) is 5.02 Å². The number of anilines is 1. The number of nitrogens with one attached hydrogen (secondary N) is 1. The predicted octanol–water partition coefficient (Wildman–Crippen LogP) is 4.26. The van der Waals surface area contributed by atoms with Crippen LogP contribution in [-0.4, -0.2) is 35.7 Å². The third-order valence-corrected chi connectivity index (χ3v) is 6.82. The van der Waals surface area contributed by atoms with Crippen molar-refractivity contribution in [2.75, 3.05) is 11.4 Å². The SMILES string of the molecule is CC(c1nn2ccc(Cl)c2c(=O)n1-c1ccccc1)N(CC1CC1)c1ncnc2[nH]cc(C#N)c12. The Labute approximate surface area is 205 Å². The van der Waals surface area contributed by atoms with Crippen LogP contribution in [0.3, 0.4) is 0 Å². The van der Waals surface area contributed by atoms with Gasteiger partial charge < -0.3 is 9.88 Å². The Morgan fingerprint density at radius 3 is 2.80 bits per heavy atom. The normalized spacial score (nSPS) is 14.3. The molecular weight excluding hydrogens is 464 g/mol. The van der Waals surface area contributed by atoms with E-state index in [9.17, 15) is 10.1 Å². The number of para-hydroxylation sites is 1. The summed E-state index contributed by atoms with van der Waals surface area (Å²) in [7, 11) is 0. The number of halogens is 1. The zero-order valence-corrected chi connectivity index (χ0v) is 19.6. The van der Waals surface area contributed by atoms with Gasteiger partial charge in [-0.3, -0.25) is 9.36 Å². The minimum Gasteiger partial charge on any atom is -0.346 e. The number of nitriles is 1. The first kappa shape index (κ1) is 21.4. The summed E-state index contributed by atoms with van der Waals surface area (Å²) >= 11 is 6.36. The van der Waals surface area contributed by atoms with Gasteiger partial charge in [0.15, 0.2) is 5.82 Å². The molecule has 1 fully saturated rings. The van der Waals surface area contributed by atoms with Gasteiger partial charge >= 0.3 is 0 Å². The molecule has 0 saturated heterocycles. The molecule has 0 radical (unpaired) electrons. The number of fused-ring (bicyclic) bond motifs is 2. The molecule has 1 N–H and O–H groups in total. The molecule has 0 spiro atoms. The van der Waals surface area contributed by atoms with Crippen molar-refractivity contribution in [3.63, 3.8) is 0 Å². The molecule has 6 rings (SSSR count). The zero-order valence-electron chi connectivity index (χ0n) is 18.9. The van der Waals surface area contributed by atoms with E-state index in [2.05, 4.69) is 25.9 Å². The Morgan fingerprint density at radius 2 is 2.06 bits per heavy atom. The van der Waals surface area contributed by atoms with E-state index in [0.717, 1.165) is 19.4 Å². The molecule has 5 aromatic rings. The summed E-state index contributed by atoms with van der Waals surface area (Å²) in [5, 5.41) is 15.6. The van der Waals surface area contributed by atoms with Crippen molar-refractivity contribution in [1.82, 2.24) is 29.1 Å². The highest BCUT2D eigenvalue weighted by Crippen LogP contribution is 2.37. The van der Waals surface area contributed by atoms with Gasteiger partial charge in [-0.2, -0.15) is 10.4 Å². The van der Waals surface area contributed by atoms with Gasteiger partial charge in [0.1, 0.15) is 29.4 Å². The van der Waals surface area contributed by atoms with Crippen LogP contribution in [0.5, 0.6) is 0 Å². The van der Waals surface area contributed by atoms with Crippen LogP contribution in [0.1, 0.15) is 37.2 Å². The molecule has 4 aromatic heterocycles. The Kier molecular flexibility index (Phi) is 5.04. The first-order valence-electron chi connectivity index (χ1n) is 11.4. The maximum absolute atomic E-state index is 13.7. The lowest BCUT2D eigenvalue weighted by molar-refractivity contribution is 0.566. The minimum atomic E-state index is -0.353. The van der Waals surface area contributed by atoms with Gasteiger partial charge in [0.25, 0.3) is 5.56 Å². The molecule has 35 heavy (non-hydrogen) atoms. The van der Waals surface area contributed by atoms with E-state index in [1.54, 1.807) is 23.0 Å². The van der Waals surface area contributed by atoms with Crippen molar-refractivity contribution in [1.29, 1.82) is 5.26 Å². The van der Waals surface area contributed by atoms with Crippen molar-refractivity contribution in [3.8, 4) is 11.8 Å². The maximum atomic E-state index is 13.7. The van der Waals surface area contributed by atoms with Gasteiger partial charge in [-0.25, -0.2) is 14.5 Å². The lowest BCUT2D eigenvalue weighted by Gasteiger charge is -2.31. The number of nitrogens with zero attached hydrogens (tertiary/aromatic N) is 7. The van der Waals surface area contributed by atoms with Crippen LogP contribution in [0, 0.1) is 17.2 Å². The predicted molar refractivity (Wildman–Crippen MR) is 133 cm³/mol. The fourth-order valence-corrected chi connectivity index (χ4v) is 4.77. The van der Waals surface area contributed by atoms with Gasteiger partial charge in [0, 0.05) is 18.9 Å². The van der Waals surface area contributed by atoms with E-state index in [1.165, 1.54) is 10.8 Å².